The third-order valence-electron chi connectivity index (χ3n) is 2.38. The highest BCUT2D eigenvalue weighted by Gasteiger charge is 2.18. The monoisotopic (exact) mass is 282 g/mol. The van der Waals surface area contributed by atoms with E-state index in [1.54, 1.807) is 17.3 Å². The summed E-state index contributed by atoms with van der Waals surface area (Å²) in [6.07, 6.45) is 3.41. The lowest BCUT2D eigenvalue weighted by Gasteiger charge is -2.19. The van der Waals surface area contributed by atoms with Gasteiger partial charge in [0.15, 0.2) is 0 Å². The average Bonchev–Trinajstić information content (AvgIpc) is 2.83. The molecular weight excluding hydrogens is 272 g/mol. The minimum atomic E-state index is -0.154. The second-order valence-corrected chi connectivity index (χ2v) is 5.09. The molecule has 0 spiro atoms. The van der Waals surface area contributed by atoms with Crippen LogP contribution in [0.5, 0.6) is 0 Å². The van der Waals surface area contributed by atoms with Gasteiger partial charge in [-0.2, -0.15) is 0 Å². The van der Waals surface area contributed by atoms with E-state index in [0.29, 0.717) is 18.1 Å². The lowest BCUT2D eigenvalue weighted by atomic mass is 10.2. The van der Waals surface area contributed by atoms with Crippen LogP contribution >= 0.6 is 22.9 Å². The lowest BCUT2D eigenvalue weighted by Crippen LogP contribution is -2.30. The van der Waals surface area contributed by atoms with Gasteiger partial charge in [-0.3, -0.25) is 9.78 Å². The maximum Gasteiger partial charge on any atom is 0.285 e. The van der Waals surface area contributed by atoms with Crippen LogP contribution in [0.15, 0.2) is 24.5 Å². The van der Waals surface area contributed by atoms with Gasteiger partial charge < -0.3 is 4.90 Å². The highest BCUT2D eigenvalue weighted by Crippen LogP contribution is 2.17. The van der Waals surface area contributed by atoms with Gasteiger partial charge in [0.25, 0.3) is 5.91 Å². The second kappa shape index (κ2) is 5.88. The van der Waals surface area contributed by atoms with Crippen LogP contribution in [-0.2, 0) is 6.54 Å². The van der Waals surface area contributed by atoms with Gasteiger partial charge in [0, 0.05) is 25.5 Å². The molecule has 0 atom stereocenters. The number of carbonyl (C=O) groups excluding carboxylic acids is 1. The summed E-state index contributed by atoms with van der Waals surface area (Å²) in [5.74, 6) is -0.154. The Morgan fingerprint density at radius 2 is 2.11 bits per heavy atom. The molecule has 2 aromatic rings. The molecule has 1 amide bonds. The molecule has 0 aromatic carbocycles. The molecule has 0 N–H and O–H groups in total. The molecule has 2 heterocycles. The third kappa shape index (κ3) is 3.02. The molecular formula is C11H11ClN4OS. The Balaban J connectivity index is 2.12. The van der Waals surface area contributed by atoms with Crippen molar-refractivity contribution < 1.29 is 4.79 Å². The normalized spacial score (nSPS) is 10.3. The molecule has 0 saturated carbocycles. The number of nitrogens with zero attached hydrogens (tertiary/aromatic N) is 4. The molecule has 0 radical (unpaired) electrons. The molecule has 5 nitrogen and oxygen atoms in total. The summed E-state index contributed by atoms with van der Waals surface area (Å²) in [7, 11) is 0. The van der Waals surface area contributed by atoms with E-state index in [2.05, 4.69) is 15.2 Å². The maximum atomic E-state index is 12.2. The molecule has 94 valence electrons. The predicted octanol–water partition coefficient (Wildman–Crippen LogP) is 2.25. The molecule has 18 heavy (non-hydrogen) atoms. The van der Waals surface area contributed by atoms with Crippen molar-refractivity contribution in [2.75, 3.05) is 6.54 Å². The first kappa shape index (κ1) is 12.9. The Bertz CT molecular complexity index is 531. The van der Waals surface area contributed by atoms with Crippen molar-refractivity contribution in [1.29, 1.82) is 0 Å². The molecule has 0 unspecified atom stereocenters. The zero-order valence-corrected chi connectivity index (χ0v) is 11.3. The van der Waals surface area contributed by atoms with Crippen LogP contribution in [0.4, 0.5) is 0 Å². The van der Waals surface area contributed by atoms with Crippen molar-refractivity contribution in [2.24, 2.45) is 0 Å². The Morgan fingerprint density at radius 3 is 2.67 bits per heavy atom. The first-order valence-electron chi connectivity index (χ1n) is 5.38. The van der Waals surface area contributed by atoms with E-state index in [-0.39, 0.29) is 10.4 Å². The first-order chi connectivity index (χ1) is 8.70. The van der Waals surface area contributed by atoms with Crippen LogP contribution in [-0.4, -0.2) is 32.5 Å². The summed E-state index contributed by atoms with van der Waals surface area (Å²) in [6.45, 7) is 3.04. The minimum Gasteiger partial charge on any atom is -0.332 e. The highest BCUT2D eigenvalue weighted by atomic mass is 35.5. The zero-order valence-electron chi connectivity index (χ0n) is 9.71. The molecule has 2 aromatic heterocycles. The molecule has 0 bridgehead atoms. The van der Waals surface area contributed by atoms with Crippen molar-refractivity contribution >= 4 is 28.8 Å². The van der Waals surface area contributed by atoms with Crippen LogP contribution in [0.1, 0.15) is 22.3 Å². The predicted molar refractivity (Wildman–Crippen MR) is 69.6 cm³/mol. The van der Waals surface area contributed by atoms with E-state index in [0.717, 1.165) is 16.9 Å². The Hall–Kier alpha value is -1.53. The Morgan fingerprint density at radius 1 is 1.39 bits per heavy atom. The van der Waals surface area contributed by atoms with E-state index in [4.69, 9.17) is 11.6 Å². The zero-order chi connectivity index (χ0) is 13.0. The number of hydrogen-bond acceptors (Lipinski definition) is 5. The van der Waals surface area contributed by atoms with Gasteiger partial charge >= 0.3 is 0 Å². The van der Waals surface area contributed by atoms with Crippen molar-refractivity contribution in [3.63, 3.8) is 0 Å². The fraction of sp³-hybridized carbons (Fsp3) is 0.273. The van der Waals surface area contributed by atoms with Crippen molar-refractivity contribution in [1.82, 2.24) is 20.1 Å². The molecule has 7 heteroatoms. The van der Waals surface area contributed by atoms with Crippen LogP contribution in [0.25, 0.3) is 0 Å². The summed E-state index contributed by atoms with van der Waals surface area (Å²) >= 11 is 6.77. The highest BCUT2D eigenvalue weighted by molar-refractivity contribution is 7.17. The quantitative estimate of drug-likeness (QED) is 0.863. The smallest absolute Gasteiger partial charge is 0.285 e. The van der Waals surface area contributed by atoms with Gasteiger partial charge in [-0.25, -0.2) is 0 Å². The largest absolute Gasteiger partial charge is 0.332 e. The number of hydrogen-bond donors (Lipinski definition) is 0. The Kier molecular flexibility index (Phi) is 4.22. The molecule has 0 aliphatic rings. The van der Waals surface area contributed by atoms with Gasteiger partial charge in [0.05, 0.1) is 0 Å². The van der Waals surface area contributed by atoms with E-state index >= 15 is 0 Å². The van der Waals surface area contributed by atoms with Gasteiger partial charge in [-0.05, 0) is 36.2 Å². The van der Waals surface area contributed by atoms with E-state index in [9.17, 15) is 4.79 Å². The Labute approximate surface area is 113 Å². The van der Waals surface area contributed by atoms with Gasteiger partial charge in [0.2, 0.25) is 9.47 Å². The fourth-order valence-corrected chi connectivity index (χ4v) is 2.26. The second-order valence-electron chi connectivity index (χ2n) is 3.53. The third-order valence-corrected chi connectivity index (χ3v) is 3.38. The summed E-state index contributed by atoms with van der Waals surface area (Å²) in [5, 5.41) is 7.71. The van der Waals surface area contributed by atoms with E-state index in [1.807, 2.05) is 19.1 Å². The molecule has 0 aliphatic carbocycles. The molecule has 2 rings (SSSR count). The molecule has 0 aliphatic heterocycles. The number of carbonyl (C=O) groups is 1. The minimum absolute atomic E-state index is 0.154. The van der Waals surface area contributed by atoms with Crippen LogP contribution in [0.3, 0.4) is 0 Å². The number of pyridine rings is 1. The number of rotatable bonds is 4. The first-order valence-corrected chi connectivity index (χ1v) is 6.57. The average molecular weight is 283 g/mol. The van der Waals surface area contributed by atoms with Crippen LogP contribution in [0.2, 0.25) is 4.47 Å². The standard InChI is InChI=1S/C11H11ClN4OS/c1-2-16(7-8-3-5-13-6-4-8)10(17)9-14-15-11(12)18-9/h3-6H,2,7H2,1H3. The summed E-state index contributed by atoms with van der Waals surface area (Å²) < 4.78 is 0.276. The topological polar surface area (TPSA) is 59.0 Å². The SMILES string of the molecule is CCN(Cc1ccncc1)C(=O)c1nnc(Cl)s1. The van der Waals surface area contributed by atoms with Gasteiger partial charge in [-0.1, -0.05) is 11.3 Å². The van der Waals surface area contributed by atoms with Crippen LogP contribution < -0.4 is 0 Å². The van der Waals surface area contributed by atoms with Crippen LogP contribution in [0, 0.1) is 0 Å². The van der Waals surface area contributed by atoms with E-state index in [1.165, 1.54) is 0 Å². The number of aromatic nitrogens is 3. The summed E-state index contributed by atoms with van der Waals surface area (Å²) in [5.41, 5.74) is 1.02. The van der Waals surface area contributed by atoms with Gasteiger partial charge in [0.1, 0.15) is 0 Å². The van der Waals surface area contributed by atoms with E-state index < -0.39 is 0 Å². The van der Waals surface area contributed by atoms with Crippen molar-refractivity contribution in [3.8, 4) is 0 Å². The summed E-state index contributed by atoms with van der Waals surface area (Å²) in [4.78, 5) is 17.8. The van der Waals surface area contributed by atoms with Crippen molar-refractivity contribution in [3.05, 3.63) is 39.6 Å². The number of halogens is 1. The molecule has 0 saturated heterocycles. The maximum absolute atomic E-state index is 12.2. The summed E-state index contributed by atoms with van der Waals surface area (Å²) in [6, 6.07) is 3.76. The number of amides is 1. The fourth-order valence-electron chi connectivity index (χ4n) is 1.46. The lowest BCUT2D eigenvalue weighted by molar-refractivity contribution is 0.0751. The molecule has 0 fully saturated rings. The van der Waals surface area contributed by atoms with Crippen molar-refractivity contribution in [2.45, 2.75) is 13.5 Å². The van der Waals surface area contributed by atoms with Gasteiger partial charge in [-0.15, -0.1) is 10.2 Å².